The van der Waals surface area contributed by atoms with E-state index in [0.29, 0.717) is 0 Å². The molecule has 3 aliphatic rings. The first-order valence-corrected chi connectivity index (χ1v) is 26.2. The minimum atomic E-state index is -0.0482. The monoisotopic (exact) mass is 915 g/mol. The smallest absolute Gasteiger partial charge is 0.264 e. The fourth-order valence-corrected chi connectivity index (χ4v) is 13.1. The lowest BCUT2D eigenvalue weighted by Crippen LogP contribution is -2.60. The van der Waals surface area contributed by atoms with Gasteiger partial charge in [0.2, 0.25) is 0 Å². The molecule has 3 heterocycles. The summed E-state index contributed by atoms with van der Waals surface area (Å²) in [7, 11) is 0. The Hall–Kier alpha value is -5.06. The van der Waals surface area contributed by atoms with Gasteiger partial charge in [0.25, 0.3) is 6.71 Å². The number of benzene rings is 6. The quantitative estimate of drug-likeness (QED) is 0.163. The Balaban J connectivity index is 1.39. The Kier molecular flexibility index (Phi) is 10.4. The number of thiophene rings is 1. The molecule has 0 saturated heterocycles. The summed E-state index contributed by atoms with van der Waals surface area (Å²) < 4.78 is 2.79. The van der Waals surface area contributed by atoms with Crippen molar-refractivity contribution in [2.75, 3.05) is 9.80 Å². The van der Waals surface area contributed by atoms with Crippen molar-refractivity contribution < 1.29 is 0 Å². The summed E-state index contributed by atoms with van der Waals surface area (Å²) in [6.45, 7) is 42.8. The molecule has 350 valence electrons. The predicted molar refractivity (Wildman–Crippen MR) is 301 cm³/mol. The summed E-state index contributed by atoms with van der Waals surface area (Å²) >= 11 is 2.02. The normalized spacial score (nSPS) is 16.4. The second-order valence-electron chi connectivity index (χ2n) is 26.4. The molecule has 2 aliphatic heterocycles. The van der Waals surface area contributed by atoms with E-state index in [2.05, 4.69) is 238 Å². The van der Waals surface area contributed by atoms with Crippen molar-refractivity contribution in [3.8, 4) is 11.1 Å². The minimum Gasteiger partial charge on any atom is -0.311 e. The zero-order valence-corrected chi connectivity index (χ0v) is 45.4. The number of aryl methyl sites for hydroxylation is 2. The summed E-state index contributed by atoms with van der Waals surface area (Å²) in [6, 6.07) is 41.8. The summed E-state index contributed by atoms with van der Waals surface area (Å²) in [6.07, 6.45) is 2.36. The van der Waals surface area contributed by atoms with Crippen LogP contribution in [0.3, 0.4) is 0 Å². The molecule has 0 unspecified atom stereocenters. The molecule has 1 aromatic heterocycles. The first-order chi connectivity index (χ1) is 31.5. The van der Waals surface area contributed by atoms with Gasteiger partial charge in [0.1, 0.15) is 0 Å². The SMILES string of the molecule is Cc1cccc(C)c1-c1cc2c3c(c1)N(c1ccc4c(c1)C(C)(C)CCC4(C)C)c1c(sc4cc(C(C)(C)C)ccc14)B3c1ccc(C(C)(C)C)cc1N2c1cc(C(C)(C)C)cc(C(C)(C)C)c1. The maximum absolute atomic E-state index is 2.72. The average Bonchev–Trinajstić information content (AvgIpc) is 3.62. The molecule has 0 spiro atoms. The second kappa shape index (κ2) is 15.2. The first kappa shape index (κ1) is 46.7. The number of anilines is 6. The van der Waals surface area contributed by atoms with Crippen LogP contribution in [0.25, 0.3) is 21.2 Å². The van der Waals surface area contributed by atoms with Crippen molar-refractivity contribution in [3.63, 3.8) is 0 Å². The predicted octanol–water partition coefficient (Wildman–Crippen LogP) is 16.8. The first-order valence-electron chi connectivity index (χ1n) is 25.4. The number of hydrogen-bond donors (Lipinski definition) is 0. The Morgan fingerprint density at radius 1 is 0.500 bits per heavy atom. The van der Waals surface area contributed by atoms with Crippen molar-refractivity contribution in [3.05, 3.63) is 148 Å². The van der Waals surface area contributed by atoms with Crippen molar-refractivity contribution >= 4 is 78.0 Å². The van der Waals surface area contributed by atoms with Gasteiger partial charge in [-0.3, -0.25) is 0 Å². The standard InChI is InChI=1S/C64H75BN2S/c1-38-20-19-21-39(2)55(38)40-30-52-56-53(31-40)67(45-24-26-48-49(37-45)64(17,18)29-28-63(48,15)16)57-47-25-22-42(60(6,7)8)36-54(47)68-58(57)65(56)50-27-23-41(59(3,4)5)35-51(50)66(52)46-33-43(61(9,10)11)32-44(34-46)62(12,13)14/h19-27,30-37H,28-29H2,1-18H3. The number of rotatable bonds is 3. The fraction of sp³-hybridized carbons (Fsp3) is 0.406. The molecule has 0 amide bonds. The Labute approximate surface area is 414 Å². The molecular weight excluding hydrogens is 840 g/mol. The van der Waals surface area contributed by atoms with Gasteiger partial charge < -0.3 is 9.80 Å². The molecule has 2 nitrogen and oxygen atoms in total. The van der Waals surface area contributed by atoms with E-state index in [4.69, 9.17) is 0 Å². The van der Waals surface area contributed by atoms with Gasteiger partial charge in [-0.15, -0.1) is 11.3 Å². The van der Waals surface area contributed by atoms with Gasteiger partial charge >= 0.3 is 0 Å². The van der Waals surface area contributed by atoms with Gasteiger partial charge in [-0.05, 0) is 174 Å². The summed E-state index contributed by atoms with van der Waals surface area (Å²) in [5, 5.41) is 1.34. The highest BCUT2D eigenvalue weighted by Gasteiger charge is 2.47. The summed E-state index contributed by atoms with van der Waals surface area (Å²) in [5.74, 6) is 0. The number of nitrogens with zero attached hydrogens (tertiary/aromatic N) is 2. The van der Waals surface area contributed by atoms with Crippen LogP contribution in [0.15, 0.2) is 103 Å². The van der Waals surface area contributed by atoms with Gasteiger partial charge in [0.15, 0.2) is 0 Å². The second-order valence-corrected chi connectivity index (χ2v) is 27.4. The fourth-order valence-electron chi connectivity index (χ4n) is 11.7. The van der Waals surface area contributed by atoms with Crippen LogP contribution < -0.4 is 25.5 Å². The van der Waals surface area contributed by atoms with Gasteiger partial charge in [0.05, 0.1) is 5.69 Å². The zero-order chi connectivity index (χ0) is 49.0. The minimum absolute atomic E-state index is 0.0283. The van der Waals surface area contributed by atoms with Crippen LogP contribution in [-0.2, 0) is 32.5 Å². The van der Waals surface area contributed by atoms with Gasteiger partial charge in [-0.1, -0.05) is 165 Å². The van der Waals surface area contributed by atoms with Crippen LogP contribution in [0, 0.1) is 13.8 Å². The number of hydrogen-bond acceptors (Lipinski definition) is 3. The lowest BCUT2D eigenvalue weighted by Gasteiger charge is -2.45. The molecule has 68 heavy (non-hydrogen) atoms. The van der Waals surface area contributed by atoms with Crippen molar-refractivity contribution in [1.29, 1.82) is 0 Å². The van der Waals surface area contributed by atoms with Crippen molar-refractivity contribution in [2.24, 2.45) is 0 Å². The molecule has 0 atom stereocenters. The van der Waals surface area contributed by atoms with E-state index in [1.165, 1.54) is 128 Å². The molecule has 0 bridgehead atoms. The van der Waals surface area contributed by atoms with Gasteiger partial charge in [-0.2, -0.15) is 0 Å². The van der Waals surface area contributed by atoms with E-state index in [-0.39, 0.29) is 39.2 Å². The van der Waals surface area contributed by atoms with E-state index in [1.54, 1.807) is 0 Å². The van der Waals surface area contributed by atoms with Crippen LogP contribution in [0.5, 0.6) is 0 Å². The summed E-state index contributed by atoms with van der Waals surface area (Å²) in [4.78, 5) is 5.41. The van der Waals surface area contributed by atoms with E-state index in [1.807, 2.05) is 11.3 Å². The molecule has 10 rings (SSSR count). The van der Waals surface area contributed by atoms with Gasteiger partial charge in [0, 0.05) is 43.3 Å². The van der Waals surface area contributed by atoms with Crippen molar-refractivity contribution in [1.82, 2.24) is 0 Å². The molecule has 4 heteroatoms. The molecule has 0 radical (unpaired) electrons. The van der Waals surface area contributed by atoms with Crippen LogP contribution in [0.1, 0.15) is 168 Å². The molecule has 1 aliphatic carbocycles. The van der Waals surface area contributed by atoms with E-state index >= 15 is 0 Å². The zero-order valence-electron chi connectivity index (χ0n) is 44.6. The average molecular weight is 915 g/mol. The van der Waals surface area contributed by atoms with Crippen LogP contribution in [-0.4, -0.2) is 6.71 Å². The van der Waals surface area contributed by atoms with E-state index < -0.39 is 0 Å². The molecular formula is C64H75BN2S. The van der Waals surface area contributed by atoms with Crippen molar-refractivity contribution in [2.45, 2.75) is 170 Å². The molecule has 6 aromatic carbocycles. The van der Waals surface area contributed by atoms with Crippen LogP contribution in [0.2, 0.25) is 0 Å². The Bertz CT molecular complexity index is 3150. The van der Waals surface area contributed by atoms with E-state index in [9.17, 15) is 0 Å². The maximum Gasteiger partial charge on any atom is 0.264 e. The highest BCUT2D eigenvalue weighted by molar-refractivity contribution is 7.33. The lowest BCUT2D eigenvalue weighted by molar-refractivity contribution is 0.332. The largest absolute Gasteiger partial charge is 0.311 e. The summed E-state index contributed by atoms with van der Waals surface area (Å²) in [5.41, 5.74) is 24.1. The highest BCUT2D eigenvalue weighted by atomic mass is 32.1. The maximum atomic E-state index is 2.72. The topological polar surface area (TPSA) is 6.48 Å². The molecule has 0 fully saturated rings. The third kappa shape index (κ3) is 7.49. The highest BCUT2D eigenvalue weighted by Crippen LogP contribution is 2.53. The molecule has 0 N–H and O–H groups in total. The Morgan fingerprint density at radius 3 is 1.63 bits per heavy atom. The lowest BCUT2D eigenvalue weighted by atomic mass is 9.36. The third-order valence-electron chi connectivity index (χ3n) is 16.2. The van der Waals surface area contributed by atoms with Crippen LogP contribution >= 0.6 is 11.3 Å². The third-order valence-corrected chi connectivity index (χ3v) is 17.4. The Morgan fingerprint density at radius 2 is 1.04 bits per heavy atom. The van der Waals surface area contributed by atoms with Gasteiger partial charge in [-0.25, -0.2) is 0 Å². The van der Waals surface area contributed by atoms with E-state index in [0.717, 1.165) is 0 Å². The van der Waals surface area contributed by atoms with Crippen LogP contribution in [0.4, 0.5) is 34.1 Å². The molecule has 0 saturated carbocycles. The number of fused-ring (bicyclic) bond motifs is 7. The molecule has 7 aromatic rings.